The van der Waals surface area contributed by atoms with Crippen LogP contribution < -0.4 is 10.2 Å². The summed E-state index contributed by atoms with van der Waals surface area (Å²) in [6, 6.07) is 1.97. The van der Waals surface area contributed by atoms with Crippen LogP contribution in [0.2, 0.25) is 0 Å². The minimum absolute atomic E-state index is 0.0434. The molecule has 0 saturated carbocycles. The number of hydrogen-bond donors (Lipinski definition) is 1. The van der Waals surface area contributed by atoms with Crippen molar-refractivity contribution in [3.63, 3.8) is 0 Å². The van der Waals surface area contributed by atoms with Crippen LogP contribution in [-0.2, 0) is 4.79 Å². The molecule has 1 amide bonds. The molecule has 1 aliphatic heterocycles. The van der Waals surface area contributed by atoms with Crippen LogP contribution in [0.3, 0.4) is 0 Å². The van der Waals surface area contributed by atoms with E-state index in [1.165, 1.54) is 0 Å². The Labute approximate surface area is 127 Å². The summed E-state index contributed by atoms with van der Waals surface area (Å²) >= 11 is 0. The van der Waals surface area contributed by atoms with E-state index in [0.717, 1.165) is 43.3 Å². The molecule has 21 heavy (non-hydrogen) atoms. The van der Waals surface area contributed by atoms with E-state index < -0.39 is 0 Å². The molecular formula is C16H26N4O. The van der Waals surface area contributed by atoms with Crippen LogP contribution in [0, 0.1) is 25.7 Å². The molecular weight excluding hydrogens is 264 g/mol. The van der Waals surface area contributed by atoms with Gasteiger partial charge in [0.15, 0.2) is 0 Å². The van der Waals surface area contributed by atoms with Gasteiger partial charge in [-0.15, -0.1) is 0 Å². The quantitative estimate of drug-likeness (QED) is 0.922. The molecule has 5 nitrogen and oxygen atoms in total. The zero-order valence-electron chi connectivity index (χ0n) is 13.5. The second-order valence-corrected chi connectivity index (χ2v) is 6.37. The van der Waals surface area contributed by atoms with Gasteiger partial charge >= 0.3 is 0 Å². The van der Waals surface area contributed by atoms with Gasteiger partial charge in [-0.3, -0.25) is 4.79 Å². The van der Waals surface area contributed by atoms with E-state index in [2.05, 4.69) is 34.0 Å². The number of nitrogens with one attached hydrogen (secondary N) is 1. The van der Waals surface area contributed by atoms with Gasteiger partial charge in [0.2, 0.25) is 11.9 Å². The fourth-order valence-electron chi connectivity index (χ4n) is 2.67. The van der Waals surface area contributed by atoms with Crippen molar-refractivity contribution in [1.29, 1.82) is 0 Å². The van der Waals surface area contributed by atoms with E-state index >= 15 is 0 Å². The third kappa shape index (κ3) is 4.41. The van der Waals surface area contributed by atoms with Crippen LogP contribution in [0.25, 0.3) is 0 Å². The Kier molecular flexibility index (Phi) is 5.15. The number of aromatic nitrogens is 2. The van der Waals surface area contributed by atoms with Crippen molar-refractivity contribution >= 4 is 11.9 Å². The number of aryl methyl sites for hydroxylation is 2. The van der Waals surface area contributed by atoms with Gasteiger partial charge in [-0.05, 0) is 38.7 Å². The van der Waals surface area contributed by atoms with Gasteiger partial charge < -0.3 is 10.2 Å². The maximum atomic E-state index is 12.2. The lowest BCUT2D eigenvalue weighted by atomic mass is 9.97. The third-order valence-corrected chi connectivity index (χ3v) is 3.73. The van der Waals surface area contributed by atoms with Gasteiger partial charge in [0, 0.05) is 31.0 Å². The van der Waals surface area contributed by atoms with E-state index in [-0.39, 0.29) is 11.8 Å². The van der Waals surface area contributed by atoms with E-state index in [1.807, 2.05) is 19.9 Å². The second kappa shape index (κ2) is 6.87. The highest BCUT2D eigenvalue weighted by Gasteiger charge is 2.27. The van der Waals surface area contributed by atoms with Crippen LogP contribution >= 0.6 is 0 Å². The number of carbonyl (C=O) groups is 1. The number of rotatable bonds is 4. The van der Waals surface area contributed by atoms with E-state index in [9.17, 15) is 4.79 Å². The molecule has 1 aromatic heterocycles. The molecule has 0 unspecified atom stereocenters. The summed E-state index contributed by atoms with van der Waals surface area (Å²) < 4.78 is 0. The summed E-state index contributed by atoms with van der Waals surface area (Å²) in [4.78, 5) is 23.4. The molecule has 0 spiro atoms. The number of nitrogens with zero attached hydrogens (tertiary/aromatic N) is 3. The second-order valence-electron chi connectivity index (χ2n) is 6.37. The Morgan fingerprint density at radius 2 is 2.05 bits per heavy atom. The van der Waals surface area contributed by atoms with E-state index in [1.54, 1.807) is 0 Å². The van der Waals surface area contributed by atoms with Crippen molar-refractivity contribution in [2.45, 2.75) is 40.5 Å². The molecule has 1 aliphatic rings. The smallest absolute Gasteiger partial charge is 0.225 e. The van der Waals surface area contributed by atoms with Crippen molar-refractivity contribution in [3.05, 3.63) is 17.5 Å². The summed E-state index contributed by atoms with van der Waals surface area (Å²) in [6.45, 7) is 10.6. The predicted octanol–water partition coefficient (Wildman–Crippen LogP) is 2.08. The minimum Gasteiger partial charge on any atom is -0.356 e. The Hall–Kier alpha value is -1.65. The number of hydrogen-bond acceptors (Lipinski definition) is 4. The van der Waals surface area contributed by atoms with Crippen molar-refractivity contribution in [2.75, 3.05) is 24.5 Å². The Morgan fingerprint density at radius 3 is 2.67 bits per heavy atom. The lowest BCUT2D eigenvalue weighted by molar-refractivity contribution is -0.125. The summed E-state index contributed by atoms with van der Waals surface area (Å²) in [6.07, 6.45) is 1.96. The zero-order valence-corrected chi connectivity index (χ0v) is 13.5. The van der Waals surface area contributed by atoms with Crippen LogP contribution in [0.4, 0.5) is 5.95 Å². The van der Waals surface area contributed by atoms with Crippen molar-refractivity contribution < 1.29 is 4.79 Å². The molecule has 0 bridgehead atoms. The van der Waals surface area contributed by atoms with E-state index in [0.29, 0.717) is 12.5 Å². The lowest BCUT2D eigenvalue weighted by Gasteiger charge is -2.32. The van der Waals surface area contributed by atoms with Gasteiger partial charge in [0.05, 0.1) is 5.92 Å². The maximum absolute atomic E-state index is 12.2. The highest BCUT2D eigenvalue weighted by Crippen LogP contribution is 2.21. The van der Waals surface area contributed by atoms with Crippen LogP contribution in [0.1, 0.15) is 38.1 Å². The van der Waals surface area contributed by atoms with Crippen molar-refractivity contribution in [3.8, 4) is 0 Å². The molecule has 0 aliphatic carbocycles. The summed E-state index contributed by atoms with van der Waals surface area (Å²) in [7, 11) is 0. The molecule has 116 valence electrons. The van der Waals surface area contributed by atoms with Gasteiger partial charge in [0.25, 0.3) is 0 Å². The van der Waals surface area contributed by atoms with Crippen LogP contribution in [0.15, 0.2) is 6.07 Å². The number of piperidine rings is 1. The first-order chi connectivity index (χ1) is 9.95. The topological polar surface area (TPSA) is 58.1 Å². The number of carbonyl (C=O) groups excluding carboxylic acids is 1. The van der Waals surface area contributed by atoms with Crippen LogP contribution in [-0.4, -0.2) is 35.5 Å². The Balaban J connectivity index is 2.01. The first-order valence-corrected chi connectivity index (χ1v) is 7.80. The van der Waals surface area contributed by atoms with Crippen molar-refractivity contribution in [1.82, 2.24) is 15.3 Å². The molecule has 1 aromatic rings. The Bertz CT molecular complexity index is 481. The first-order valence-electron chi connectivity index (χ1n) is 7.80. The standard InChI is InChI=1S/C16H26N4O/c1-11(2)9-17-15(21)14-6-5-7-20(10-14)16-18-12(3)8-13(4)19-16/h8,11,14H,5-7,9-10H2,1-4H3,(H,17,21)/t14-/m0/s1. The van der Waals surface area contributed by atoms with Crippen molar-refractivity contribution in [2.24, 2.45) is 11.8 Å². The molecule has 2 heterocycles. The van der Waals surface area contributed by atoms with Gasteiger partial charge in [-0.25, -0.2) is 9.97 Å². The number of amides is 1. The summed E-state index contributed by atoms with van der Waals surface area (Å²) in [5, 5.41) is 3.04. The molecule has 0 radical (unpaired) electrons. The lowest BCUT2D eigenvalue weighted by Crippen LogP contribution is -2.44. The highest BCUT2D eigenvalue weighted by atomic mass is 16.1. The fraction of sp³-hybridized carbons (Fsp3) is 0.688. The highest BCUT2D eigenvalue weighted by molar-refractivity contribution is 5.79. The molecule has 2 rings (SSSR count). The SMILES string of the molecule is Cc1cc(C)nc(N2CCC[C@H](C(=O)NCC(C)C)C2)n1. The van der Waals surface area contributed by atoms with Crippen LogP contribution in [0.5, 0.6) is 0 Å². The number of anilines is 1. The van der Waals surface area contributed by atoms with E-state index in [4.69, 9.17) is 0 Å². The van der Waals surface area contributed by atoms with Gasteiger partial charge in [-0.2, -0.15) is 0 Å². The molecule has 1 saturated heterocycles. The average Bonchev–Trinajstić information content (AvgIpc) is 2.44. The summed E-state index contributed by atoms with van der Waals surface area (Å²) in [5.74, 6) is 1.45. The zero-order chi connectivity index (χ0) is 15.4. The Morgan fingerprint density at radius 1 is 1.38 bits per heavy atom. The van der Waals surface area contributed by atoms with Gasteiger partial charge in [0.1, 0.15) is 0 Å². The molecule has 0 aromatic carbocycles. The molecule has 1 atom stereocenters. The molecule has 1 fully saturated rings. The molecule has 1 N–H and O–H groups in total. The third-order valence-electron chi connectivity index (χ3n) is 3.73. The monoisotopic (exact) mass is 290 g/mol. The summed E-state index contributed by atoms with van der Waals surface area (Å²) in [5.41, 5.74) is 1.95. The maximum Gasteiger partial charge on any atom is 0.225 e. The first kappa shape index (κ1) is 15.7. The minimum atomic E-state index is 0.0434. The van der Waals surface area contributed by atoms with Gasteiger partial charge in [-0.1, -0.05) is 13.8 Å². The fourth-order valence-corrected chi connectivity index (χ4v) is 2.67. The largest absolute Gasteiger partial charge is 0.356 e. The predicted molar refractivity (Wildman–Crippen MR) is 84.3 cm³/mol. The normalized spacial score (nSPS) is 18.9. The molecule has 5 heteroatoms. The average molecular weight is 290 g/mol.